The van der Waals surface area contributed by atoms with E-state index in [1.165, 1.54) is 0 Å². The molecule has 1 N–H and O–H groups in total. The van der Waals surface area contributed by atoms with Crippen LogP contribution in [-0.2, 0) is 10.5 Å². The third-order valence-electron chi connectivity index (χ3n) is 5.83. The normalized spacial score (nSPS) is 23.4. The second-order valence-corrected chi connectivity index (χ2v) is 8.90. The molecule has 1 amide bonds. The van der Waals surface area contributed by atoms with E-state index in [9.17, 15) is 4.79 Å². The monoisotopic (exact) mass is 479 g/mol. The summed E-state index contributed by atoms with van der Waals surface area (Å²) in [6.07, 6.45) is 0.652. The number of amides is 1. The molecule has 148 valence electrons. The molecule has 0 aromatic heterocycles. The van der Waals surface area contributed by atoms with Crippen LogP contribution in [0.1, 0.15) is 29.2 Å². The van der Waals surface area contributed by atoms with E-state index in [1.807, 2.05) is 65.7 Å². The standard InChI is InChI=1S/C23H15BrClN3O2/c24-14-6-8-18-17(10-14)23(22(29)26-18)28-20(16-11-15(25)7-9-21(16)30-23)12-19(27-28)13-4-2-1-3-5-13/h1-11,20H,12H2,(H,26,29)/t20-,23+/m0/s1. The van der Waals surface area contributed by atoms with Crippen LogP contribution in [-0.4, -0.2) is 16.6 Å². The summed E-state index contributed by atoms with van der Waals surface area (Å²) in [6, 6.07) is 21.1. The Balaban J connectivity index is 1.60. The number of benzene rings is 3. The van der Waals surface area contributed by atoms with Crippen LogP contribution in [0.15, 0.2) is 76.3 Å². The minimum atomic E-state index is -1.37. The van der Waals surface area contributed by atoms with Gasteiger partial charge in [-0.3, -0.25) is 4.79 Å². The van der Waals surface area contributed by atoms with Crippen molar-refractivity contribution in [3.05, 3.63) is 92.9 Å². The molecule has 7 heteroatoms. The highest BCUT2D eigenvalue weighted by molar-refractivity contribution is 9.10. The number of carbonyl (C=O) groups excluding carboxylic acids is 1. The quantitative estimate of drug-likeness (QED) is 0.504. The van der Waals surface area contributed by atoms with Crippen molar-refractivity contribution in [2.24, 2.45) is 5.10 Å². The molecule has 3 heterocycles. The fourth-order valence-corrected chi connectivity index (χ4v) is 5.03. The molecule has 0 fully saturated rings. The van der Waals surface area contributed by atoms with Gasteiger partial charge in [-0.1, -0.05) is 57.9 Å². The van der Waals surface area contributed by atoms with Gasteiger partial charge in [0.15, 0.2) is 0 Å². The van der Waals surface area contributed by atoms with Gasteiger partial charge in [0, 0.05) is 21.5 Å². The number of hydrogen-bond acceptors (Lipinski definition) is 4. The molecule has 0 bridgehead atoms. The van der Waals surface area contributed by atoms with Crippen LogP contribution in [0.5, 0.6) is 5.75 Å². The predicted molar refractivity (Wildman–Crippen MR) is 119 cm³/mol. The number of rotatable bonds is 1. The number of hydrogen-bond donors (Lipinski definition) is 1. The first-order chi connectivity index (χ1) is 14.6. The number of hydrazone groups is 1. The zero-order chi connectivity index (χ0) is 20.5. The van der Waals surface area contributed by atoms with E-state index in [0.717, 1.165) is 32.6 Å². The van der Waals surface area contributed by atoms with E-state index in [-0.39, 0.29) is 11.9 Å². The van der Waals surface area contributed by atoms with Crippen LogP contribution >= 0.6 is 27.5 Å². The van der Waals surface area contributed by atoms with Crippen molar-refractivity contribution < 1.29 is 9.53 Å². The number of anilines is 1. The van der Waals surface area contributed by atoms with Gasteiger partial charge in [0.1, 0.15) is 5.75 Å². The third kappa shape index (κ3) is 2.41. The summed E-state index contributed by atoms with van der Waals surface area (Å²) in [5.41, 5.74) is 2.96. The molecule has 0 radical (unpaired) electrons. The molecule has 5 nitrogen and oxygen atoms in total. The molecule has 30 heavy (non-hydrogen) atoms. The number of nitrogens with one attached hydrogen (secondary N) is 1. The Morgan fingerprint density at radius 2 is 1.97 bits per heavy atom. The lowest BCUT2D eigenvalue weighted by atomic mass is 9.92. The molecule has 0 aliphatic carbocycles. The number of fused-ring (bicyclic) bond motifs is 6. The van der Waals surface area contributed by atoms with E-state index in [4.69, 9.17) is 21.4 Å². The van der Waals surface area contributed by atoms with Crippen LogP contribution in [0.3, 0.4) is 0 Å². The Morgan fingerprint density at radius 3 is 2.80 bits per heavy atom. The Hall–Kier alpha value is -2.83. The molecule has 3 aromatic carbocycles. The van der Waals surface area contributed by atoms with Crippen molar-refractivity contribution >= 4 is 44.8 Å². The molecule has 0 saturated heterocycles. The second-order valence-electron chi connectivity index (χ2n) is 7.55. The van der Waals surface area contributed by atoms with E-state index in [0.29, 0.717) is 17.2 Å². The lowest BCUT2D eigenvalue weighted by molar-refractivity contribution is -0.161. The van der Waals surface area contributed by atoms with Crippen molar-refractivity contribution in [2.45, 2.75) is 18.2 Å². The molecule has 6 rings (SSSR count). The average Bonchev–Trinajstić information content (AvgIpc) is 3.31. The van der Waals surface area contributed by atoms with E-state index in [1.54, 1.807) is 6.07 Å². The molecule has 0 unspecified atom stereocenters. The molecule has 3 aliphatic heterocycles. The van der Waals surface area contributed by atoms with Crippen molar-refractivity contribution in [2.75, 3.05) is 5.32 Å². The summed E-state index contributed by atoms with van der Waals surface area (Å²) in [5.74, 6) is 0.396. The third-order valence-corrected chi connectivity index (χ3v) is 6.56. The summed E-state index contributed by atoms with van der Waals surface area (Å²) in [6.45, 7) is 0. The maximum absolute atomic E-state index is 13.4. The van der Waals surface area contributed by atoms with Crippen LogP contribution in [0.4, 0.5) is 5.69 Å². The fraction of sp³-hybridized carbons (Fsp3) is 0.130. The average molecular weight is 481 g/mol. The highest BCUT2D eigenvalue weighted by atomic mass is 79.9. The first kappa shape index (κ1) is 18.0. The van der Waals surface area contributed by atoms with Crippen LogP contribution in [0, 0.1) is 0 Å². The first-order valence-electron chi connectivity index (χ1n) is 9.58. The summed E-state index contributed by atoms with van der Waals surface area (Å²) >= 11 is 9.84. The summed E-state index contributed by atoms with van der Waals surface area (Å²) in [4.78, 5) is 13.4. The topological polar surface area (TPSA) is 53.9 Å². The van der Waals surface area contributed by atoms with Crippen molar-refractivity contribution in [3.8, 4) is 5.75 Å². The molecular weight excluding hydrogens is 466 g/mol. The van der Waals surface area contributed by atoms with Crippen molar-refractivity contribution in [3.63, 3.8) is 0 Å². The molecule has 2 atom stereocenters. The van der Waals surface area contributed by atoms with Gasteiger partial charge in [-0.15, -0.1) is 0 Å². The Kier molecular flexibility index (Phi) is 3.80. The summed E-state index contributed by atoms with van der Waals surface area (Å²) in [5, 5.41) is 10.3. The molecular formula is C23H15BrClN3O2. The Bertz CT molecular complexity index is 1250. The zero-order valence-corrected chi connectivity index (χ0v) is 17.9. The minimum Gasteiger partial charge on any atom is -0.453 e. The highest BCUT2D eigenvalue weighted by Crippen LogP contribution is 2.54. The van der Waals surface area contributed by atoms with Gasteiger partial charge >= 0.3 is 5.72 Å². The largest absolute Gasteiger partial charge is 0.453 e. The van der Waals surface area contributed by atoms with Crippen LogP contribution < -0.4 is 10.1 Å². The highest BCUT2D eigenvalue weighted by Gasteiger charge is 2.61. The molecule has 0 saturated carbocycles. The van der Waals surface area contributed by atoms with Crippen molar-refractivity contribution in [1.82, 2.24) is 5.01 Å². The van der Waals surface area contributed by atoms with Gasteiger partial charge < -0.3 is 10.1 Å². The van der Waals surface area contributed by atoms with Gasteiger partial charge in [-0.25, -0.2) is 5.01 Å². The van der Waals surface area contributed by atoms with Gasteiger partial charge in [0.25, 0.3) is 5.91 Å². The molecule has 3 aliphatic rings. The van der Waals surface area contributed by atoms with Crippen LogP contribution in [0.25, 0.3) is 0 Å². The van der Waals surface area contributed by atoms with Crippen LogP contribution in [0.2, 0.25) is 5.02 Å². The lowest BCUT2D eigenvalue weighted by Crippen LogP contribution is -2.55. The summed E-state index contributed by atoms with van der Waals surface area (Å²) < 4.78 is 7.32. The zero-order valence-electron chi connectivity index (χ0n) is 15.6. The molecule has 1 spiro atoms. The predicted octanol–water partition coefficient (Wildman–Crippen LogP) is 5.45. The fourth-order valence-electron chi connectivity index (χ4n) is 4.49. The summed E-state index contributed by atoms with van der Waals surface area (Å²) in [7, 11) is 0. The van der Waals surface area contributed by atoms with E-state index in [2.05, 4.69) is 21.2 Å². The minimum absolute atomic E-state index is 0.168. The van der Waals surface area contributed by atoms with Gasteiger partial charge in [-0.2, -0.15) is 5.10 Å². The number of halogens is 2. The van der Waals surface area contributed by atoms with Gasteiger partial charge in [0.2, 0.25) is 0 Å². The maximum atomic E-state index is 13.4. The maximum Gasteiger partial charge on any atom is 0.306 e. The van der Waals surface area contributed by atoms with Gasteiger partial charge in [0.05, 0.1) is 23.0 Å². The first-order valence-corrected chi connectivity index (χ1v) is 10.8. The number of carbonyl (C=O) groups is 1. The number of ether oxygens (including phenoxy) is 1. The van der Waals surface area contributed by atoms with E-state index < -0.39 is 5.72 Å². The van der Waals surface area contributed by atoms with Gasteiger partial charge in [-0.05, 0) is 42.0 Å². The number of nitrogens with zero attached hydrogens (tertiary/aromatic N) is 2. The van der Waals surface area contributed by atoms with Crippen molar-refractivity contribution in [1.29, 1.82) is 0 Å². The molecule has 3 aromatic rings. The Labute approximate surface area is 186 Å². The lowest BCUT2D eigenvalue weighted by Gasteiger charge is -2.44. The smallest absolute Gasteiger partial charge is 0.306 e. The SMILES string of the molecule is O=C1Nc2ccc(Br)cc2[C@@]12Oc1ccc(Cl)cc1[C@@H]1CC(c3ccccc3)=NN12. The van der Waals surface area contributed by atoms with E-state index >= 15 is 0 Å². The second kappa shape index (κ2) is 6.33. The Morgan fingerprint density at radius 1 is 1.13 bits per heavy atom.